The van der Waals surface area contributed by atoms with Gasteiger partial charge in [-0.3, -0.25) is 4.79 Å². The summed E-state index contributed by atoms with van der Waals surface area (Å²) in [5, 5.41) is 3.35. The van der Waals surface area contributed by atoms with Crippen molar-refractivity contribution in [2.45, 2.75) is 38.1 Å². The summed E-state index contributed by atoms with van der Waals surface area (Å²) in [5.41, 5.74) is 2.73. The number of rotatable bonds is 5. The normalized spacial score (nSPS) is 21.9. The van der Waals surface area contributed by atoms with Crippen LogP contribution in [-0.4, -0.2) is 50.2 Å². The van der Waals surface area contributed by atoms with Crippen LogP contribution < -0.4 is 5.32 Å². The molecule has 2 aromatic carbocycles. The molecule has 1 unspecified atom stereocenters. The zero-order valence-electron chi connectivity index (χ0n) is 17.7. The minimum Gasteiger partial charge on any atom is -0.381 e. The molecule has 1 N–H and O–H groups in total. The monoisotopic (exact) mass is 410 g/mol. The van der Waals surface area contributed by atoms with Crippen LogP contribution in [0, 0.1) is 11.2 Å². The molecule has 0 spiro atoms. The second-order valence-electron chi connectivity index (χ2n) is 8.85. The molecule has 0 aromatic heterocycles. The molecular weight excluding hydrogens is 379 g/mol. The van der Waals surface area contributed by atoms with Crippen molar-refractivity contribution in [2.75, 3.05) is 33.4 Å². The zero-order valence-corrected chi connectivity index (χ0v) is 17.7. The number of carbonyl (C=O) groups is 1. The third-order valence-corrected chi connectivity index (χ3v) is 6.54. The third kappa shape index (κ3) is 4.90. The van der Waals surface area contributed by atoms with E-state index in [9.17, 15) is 9.18 Å². The van der Waals surface area contributed by atoms with E-state index in [-0.39, 0.29) is 17.8 Å². The first-order valence-corrected chi connectivity index (χ1v) is 11.0. The number of hydrogen-bond acceptors (Lipinski definition) is 3. The lowest BCUT2D eigenvalue weighted by molar-refractivity contribution is -0.137. The summed E-state index contributed by atoms with van der Waals surface area (Å²) in [7, 11) is 2.11. The number of amides is 1. The van der Waals surface area contributed by atoms with Crippen LogP contribution in [0.15, 0.2) is 48.5 Å². The van der Waals surface area contributed by atoms with Gasteiger partial charge in [0.2, 0.25) is 5.91 Å². The lowest BCUT2D eigenvalue weighted by atomic mass is 9.74. The first-order valence-electron chi connectivity index (χ1n) is 11.0. The van der Waals surface area contributed by atoms with E-state index in [2.05, 4.69) is 29.4 Å². The molecule has 160 valence electrons. The van der Waals surface area contributed by atoms with Crippen molar-refractivity contribution in [3.63, 3.8) is 0 Å². The Morgan fingerprint density at radius 1 is 1.17 bits per heavy atom. The van der Waals surface area contributed by atoms with Crippen LogP contribution in [0.5, 0.6) is 0 Å². The molecular formula is C25H31FN2O2. The van der Waals surface area contributed by atoms with Gasteiger partial charge in [0.25, 0.3) is 0 Å². The number of nitrogens with one attached hydrogen (secondary N) is 1. The third-order valence-electron chi connectivity index (χ3n) is 6.54. The van der Waals surface area contributed by atoms with Crippen molar-refractivity contribution >= 4 is 5.91 Å². The summed E-state index contributed by atoms with van der Waals surface area (Å²) in [6.45, 7) is 3.26. The molecule has 2 aliphatic rings. The Kier molecular flexibility index (Phi) is 6.49. The molecule has 2 fully saturated rings. The largest absolute Gasteiger partial charge is 0.381 e. The van der Waals surface area contributed by atoms with Gasteiger partial charge in [0, 0.05) is 25.8 Å². The first-order chi connectivity index (χ1) is 14.5. The van der Waals surface area contributed by atoms with Gasteiger partial charge >= 0.3 is 0 Å². The van der Waals surface area contributed by atoms with Gasteiger partial charge in [0.1, 0.15) is 5.82 Å². The van der Waals surface area contributed by atoms with Crippen molar-refractivity contribution < 1.29 is 13.9 Å². The van der Waals surface area contributed by atoms with E-state index < -0.39 is 5.41 Å². The predicted octanol–water partition coefficient (Wildman–Crippen LogP) is 4.04. The summed E-state index contributed by atoms with van der Waals surface area (Å²) in [5.74, 6) is -0.0700. The molecule has 0 saturated carbocycles. The number of piperidine rings is 1. The topological polar surface area (TPSA) is 41.6 Å². The highest BCUT2D eigenvalue weighted by atomic mass is 19.1. The van der Waals surface area contributed by atoms with E-state index >= 15 is 0 Å². The van der Waals surface area contributed by atoms with Gasteiger partial charge in [-0.25, -0.2) is 4.39 Å². The Morgan fingerprint density at radius 2 is 1.93 bits per heavy atom. The first kappa shape index (κ1) is 21.0. The molecule has 1 amide bonds. The van der Waals surface area contributed by atoms with Crippen molar-refractivity contribution in [1.29, 1.82) is 0 Å². The van der Waals surface area contributed by atoms with Crippen LogP contribution >= 0.6 is 0 Å². The van der Waals surface area contributed by atoms with Gasteiger partial charge in [0.15, 0.2) is 0 Å². The molecule has 4 nitrogen and oxygen atoms in total. The lowest BCUT2D eigenvalue weighted by Gasteiger charge is -2.39. The number of likely N-dealkylation sites (N-methyl/N-ethyl adjacent to an activating group) is 1. The van der Waals surface area contributed by atoms with Gasteiger partial charge in [0.05, 0.1) is 5.41 Å². The molecule has 0 aliphatic carbocycles. The number of ether oxygens (including phenoxy) is 1. The fourth-order valence-electron chi connectivity index (χ4n) is 4.76. The second kappa shape index (κ2) is 9.27. The maximum atomic E-state index is 13.5. The number of likely N-dealkylation sites (tertiary alicyclic amines) is 1. The van der Waals surface area contributed by atoms with E-state index in [0.717, 1.165) is 55.5 Å². The number of carbonyl (C=O) groups excluding carboxylic acids is 1. The van der Waals surface area contributed by atoms with Gasteiger partial charge in [-0.1, -0.05) is 36.4 Å². The molecule has 0 radical (unpaired) electrons. The molecule has 5 heteroatoms. The summed E-state index contributed by atoms with van der Waals surface area (Å²) < 4.78 is 18.9. The summed E-state index contributed by atoms with van der Waals surface area (Å²) in [6.07, 6.45) is 4.34. The highest BCUT2D eigenvalue weighted by Gasteiger charge is 2.41. The summed E-state index contributed by atoms with van der Waals surface area (Å²) >= 11 is 0. The standard InChI is InChI=1S/C25H31FN2O2/c1-28-13-3-6-23(18-28)27-24(29)25(11-14-30-15-12-25)17-19-4-2-5-21(16-19)20-7-9-22(26)10-8-20/h2,4-5,7-10,16,23H,3,6,11-15,17-18H2,1H3,(H,27,29). The number of nitrogens with zero attached hydrogens (tertiary/aromatic N) is 1. The molecule has 2 aromatic rings. The van der Waals surface area contributed by atoms with Crippen LogP contribution in [0.25, 0.3) is 11.1 Å². The van der Waals surface area contributed by atoms with Crippen molar-refractivity contribution in [3.05, 3.63) is 59.9 Å². The molecule has 0 bridgehead atoms. The Labute approximate surface area is 178 Å². The summed E-state index contributed by atoms with van der Waals surface area (Å²) in [6, 6.07) is 15.1. The minimum absolute atomic E-state index is 0.165. The highest BCUT2D eigenvalue weighted by Crippen LogP contribution is 2.36. The lowest BCUT2D eigenvalue weighted by Crippen LogP contribution is -2.53. The van der Waals surface area contributed by atoms with E-state index in [4.69, 9.17) is 4.74 Å². The molecule has 30 heavy (non-hydrogen) atoms. The van der Waals surface area contributed by atoms with Crippen molar-refractivity contribution in [1.82, 2.24) is 10.2 Å². The Balaban J connectivity index is 1.53. The Morgan fingerprint density at radius 3 is 2.67 bits per heavy atom. The zero-order chi connectivity index (χ0) is 21.0. The van der Waals surface area contributed by atoms with E-state index in [1.807, 2.05) is 12.1 Å². The van der Waals surface area contributed by atoms with Gasteiger partial charge < -0.3 is 15.0 Å². The fourth-order valence-corrected chi connectivity index (χ4v) is 4.76. The smallest absolute Gasteiger partial charge is 0.226 e. The Hall–Kier alpha value is -2.24. The average Bonchev–Trinajstić information content (AvgIpc) is 2.75. The number of benzene rings is 2. The van der Waals surface area contributed by atoms with E-state index in [0.29, 0.717) is 19.6 Å². The quantitative estimate of drug-likeness (QED) is 0.809. The van der Waals surface area contributed by atoms with Gasteiger partial charge in [-0.2, -0.15) is 0 Å². The van der Waals surface area contributed by atoms with Crippen LogP contribution in [-0.2, 0) is 16.0 Å². The molecule has 2 saturated heterocycles. The van der Waals surface area contributed by atoms with E-state index in [1.165, 1.54) is 12.1 Å². The maximum absolute atomic E-state index is 13.5. The fraction of sp³-hybridized carbons (Fsp3) is 0.480. The second-order valence-corrected chi connectivity index (χ2v) is 8.85. The molecule has 2 heterocycles. The molecule has 2 aliphatic heterocycles. The minimum atomic E-state index is -0.435. The number of halogens is 1. The van der Waals surface area contributed by atoms with Crippen molar-refractivity contribution in [2.24, 2.45) is 5.41 Å². The average molecular weight is 411 g/mol. The number of hydrogen-bond donors (Lipinski definition) is 1. The summed E-state index contributed by atoms with van der Waals surface area (Å²) in [4.78, 5) is 15.8. The highest BCUT2D eigenvalue weighted by molar-refractivity contribution is 5.83. The SMILES string of the molecule is CN1CCCC(NC(=O)C2(Cc3cccc(-c4ccc(F)cc4)c3)CCOCC2)C1. The maximum Gasteiger partial charge on any atom is 0.226 e. The van der Waals surface area contributed by atoms with Gasteiger partial charge in [-0.05, 0) is 74.5 Å². The van der Waals surface area contributed by atoms with Crippen molar-refractivity contribution in [3.8, 4) is 11.1 Å². The Bertz CT molecular complexity index is 862. The van der Waals surface area contributed by atoms with Crippen LogP contribution in [0.4, 0.5) is 4.39 Å². The molecule has 4 rings (SSSR count). The molecule has 1 atom stereocenters. The van der Waals surface area contributed by atoms with Crippen LogP contribution in [0.3, 0.4) is 0 Å². The van der Waals surface area contributed by atoms with Crippen LogP contribution in [0.1, 0.15) is 31.2 Å². The van der Waals surface area contributed by atoms with Crippen LogP contribution in [0.2, 0.25) is 0 Å². The van der Waals surface area contributed by atoms with E-state index in [1.54, 1.807) is 12.1 Å². The predicted molar refractivity (Wildman–Crippen MR) is 117 cm³/mol. The van der Waals surface area contributed by atoms with Gasteiger partial charge in [-0.15, -0.1) is 0 Å².